The lowest BCUT2D eigenvalue weighted by Crippen LogP contribution is -2.42. The number of nitrogens with one attached hydrogen (secondary N) is 3. The van der Waals surface area contributed by atoms with Gasteiger partial charge in [-0.15, -0.1) is 6.42 Å². The Hall–Kier alpha value is -4.28. The van der Waals surface area contributed by atoms with Crippen molar-refractivity contribution in [2.45, 2.75) is 6.42 Å². The van der Waals surface area contributed by atoms with Crippen molar-refractivity contribution < 1.29 is 14.3 Å². The molecule has 1 fully saturated rings. The number of methoxy groups -OCH3 is 1. The topological polar surface area (TPSA) is 94.5 Å². The van der Waals surface area contributed by atoms with Crippen LogP contribution in [-0.2, 0) is 0 Å². The van der Waals surface area contributed by atoms with Crippen LogP contribution in [0.5, 0.6) is 5.75 Å². The van der Waals surface area contributed by atoms with Crippen LogP contribution >= 0.6 is 11.6 Å². The number of amidine groups is 1. The Morgan fingerprint density at radius 1 is 1.00 bits per heavy atom. The Morgan fingerprint density at radius 2 is 1.66 bits per heavy atom. The Kier molecular flexibility index (Phi) is 7.04. The number of terminal acetylenes is 1. The second kappa shape index (κ2) is 10.3. The number of hydrogen-bond acceptors (Lipinski definition) is 4. The summed E-state index contributed by atoms with van der Waals surface area (Å²) in [6, 6.07) is 16.5. The molecule has 1 saturated heterocycles. The molecule has 3 aromatic carbocycles. The second-order valence-corrected chi connectivity index (χ2v) is 8.36. The summed E-state index contributed by atoms with van der Waals surface area (Å²) < 4.78 is 5.39. The molecule has 0 radical (unpaired) electrons. The van der Waals surface area contributed by atoms with E-state index in [0.717, 1.165) is 25.1 Å². The lowest BCUT2D eigenvalue weighted by Gasteiger charge is -2.33. The first-order valence-corrected chi connectivity index (χ1v) is 11.3. The van der Waals surface area contributed by atoms with Crippen LogP contribution in [0.2, 0.25) is 5.02 Å². The fraction of sp³-hybridized carbons (Fsp3) is 0.148. The van der Waals surface area contributed by atoms with Gasteiger partial charge in [0.1, 0.15) is 11.6 Å². The zero-order valence-electron chi connectivity index (χ0n) is 19.0. The molecule has 4 rings (SSSR count). The van der Waals surface area contributed by atoms with Crippen LogP contribution in [0.3, 0.4) is 0 Å². The summed E-state index contributed by atoms with van der Waals surface area (Å²) in [6.07, 6.45) is 6.46. The summed E-state index contributed by atoms with van der Waals surface area (Å²) >= 11 is 6.21. The molecule has 3 aromatic rings. The standard InChI is InChI=1S/C27H23ClN4O3/c1-3-17-5-11-21(12-6-17)30-27(34)22-15-20(28)16-23(35-2)24(22)31-26(33)19-9-7-18(8-10-19)25(29)32-13-4-14-32/h1,5-12,15-16,29H,4,13-14H2,2H3,(H,30,34)(H,31,33). The normalized spacial score (nSPS) is 12.2. The molecule has 35 heavy (non-hydrogen) atoms. The molecule has 1 aliphatic rings. The quantitative estimate of drug-likeness (QED) is 0.263. The van der Waals surface area contributed by atoms with E-state index in [1.54, 1.807) is 48.5 Å². The first-order valence-electron chi connectivity index (χ1n) is 10.9. The van der Waals surface area contributed by atoms with E-state index in [-0.39, 0.29) is 22.0 Å². The van der Waals surface area contributed by atoms with Gasteiger partial charge in [0.05, 0.1) is 18.4 Å². The third-order valence-electron chi connectivity index (χ3n) is 5.67. The van der Waals surface area contributed by atoms with Gasteiger partial charge in [-0.25, -0.2) is 0 Å². The molecule has 0 aromatic heterocycles. The number of ether oxygens (including phenoxy) is 1. The summed E-state index contributed by atoms with van der Waals surface area (Å²) in [5.74, 6) is 2.30. The highest BCUT2D eigenvalue weighted by atomic mass is 35.5. The van der Waals surface area contributed by atoms with Gasteiger partial charge in [0.2, 0.25) is 0 Å². The molecule has 0 saturated carbocycles. The third kappa shape index (κ3) is 5.29. The molecular weight excluding hydrogens is 464 g/mol. The van der Waals surface area contributed by atoms with E-state index in [1.807, 2.05) is 4.90 Å². The predicted molar refractivity (Wildman–Crippen MR) is 138 cm³/mol. The number of benzene rings is 3. The molecule has 8 heteroatoms. The summed E-state index contributed by atoms with van der Waals surface area (Å²) in [5.41, 5.74) is 2.66. The minimum Gasteiger partial charge on any atom is -0.494 e. The van der Waals surface area contributed by atoms with Crippen LogP contribution in [0.15, 0.2) is 60.7 Å². The zero-order chi connectivity index (χ0) is 24.9. The van der Waals surface area contributed by atoms with Gasteiger partial charge in [-0.2, -0.15) is 0 Å². The van der Waals surface area contributed by atoms with Crippen LogP contribution in [0.4, 0.5) is 11.4 Å². The average molecular weight is 487 g/mol. The molecule has 0 atom stereocenters. The maximum atomic E-state index is 13.1. The van der Waals surface area contributed by atoms with Crippen molar-refractivity contribution in [1.82, 2.24) is 4.90 Å². The third-order valence-corrected chi connectivity index (χ3v) is 5.89. The van der Waals surface area contributed by atoms with Gasteiger partial charge in [0.15, 0.2) is 0 Å². The molecule has 0 spiro atoms. The number of amides is 2. The van der Waals surface area contributed by atoms with Gasteiger partial charge in [-0.1, -0.05) is 29.7 Å². The van der Waals surface area contributed by atoms with Gasteiger partial charge in [0, 0.05) is 46.6 Å². The Bertz CT molecular complexity index is 1320. The molecule has 0 unspecified atom stereocenters. The second-order valence-electron chi connectivity index (χ2n) is 7.93. The van der Waals surface area contributed by atoms with Gasteiger partial charge < -0.3 is 20.3 Å². The highest BCUT2D eigenvalue weighted by Crippen LogP contribution is 2.33. The van der Waals surface area contributed by atoms with Crippen molar-refractivity contribution in [3.63, 3.8) is 0 Å². The molecule has 0 bridgehead atoms. The molecule has 0 aliphatic carbocycles. The van der Waals surface area contributed by atoms with Crippen molar-refractivity contribution in [2.24, 2.45) is 0 Å². The summed E-state index contributed by atoms with van der Waals surface area (Å²) in [6.45, 7) is 1.74. The maximum absolute atomic E-state index is 13.1. The predicted octanol–water partition coefficient (Wildman–Crippen LogP) is 4.87. The van der Waals surface area contributed by atoms with Crippen LogP contribution in [0, 0.1) is 17.8 Å². The number of anilines is 2. The highest BCUT2D eigenvalue weighted by Gasteiger charge is 2.22. The number of hydrogen-bond donors (Lipinski definition) is 3. The number of carbonyl (C=O) groups is 2. The monoisotopic (exact) mass is 486 g/mol. The van der Waals surface area contributed by atoms with Gasteiger partial charge >= 0.3 is 0 Å². The molecule has 7 nitrogen and oxygen atoms in total. The van der Waals surface area contributed by atoms with Gasteiger partial charge in [-0.3, -0.25) is 15.0 Å². The maximum Gasteiger partial charge on any atom is 0.257 e. The van der Waals surface area contributed by atoms with Crippen molar-refractivity contribution in [3.05, 3.63) is 87.9 Å². The molecule has 2 amide bonds. The van der Waals surface area contributed by atoms with Gasteiger partial charge in [0.25, 0.3) is 11.8 Å². The minimum absolute atomic E-state index is 0.139. The molecule has 1 heterocycles. The van der Waals surface area contributed by atoms with Crippen LogP contribution in [0.1, 0.15) is 38.3 Å². The van der Waals surface area contributed by atoms with Crippen molar-refractivity contribution in [1.29, 1.82) is 5.41 Å². The van der Waals surface area contributed by atoms with Crippen LogP contribution in [0.25, 0.3) is 0 Å². The Balaban J connectivity index is 1.57. The zero-order valence-corrected chi connectivity index (χ0v) is 19.8. The van der Waals surface area contributed by atoms with E-state index in [4.69, 9.17) is 28.2 Å². The van der Waals surface area contributed by atoms with E-state index in [2.05, 4.69) is 16.6 Å². The van der Waals surface area contributed by atoms with Crippen LogP contribution < -0.4 is 15.4 Å². The number of rotatable bonds is 6. The van der Waals surface area contributed by atoms with E-state index in [9.17, 15) is 9.59 Å². The number of nitrogens with zero attached hydrogens (tertiary/aromatic N) is 1. The fourth-order valence-electron chi connectivity index (χ4n) is 3.59. The molecule has 176 valence electrons. The van der Waals surface area contributed by atoms with Crippen LogP contribution in [-0.4, -0.2) is 42.7 Å². The molecule has 3 N–H and O–H groups in total. The van der Waals surface area contributed by atoms with E-state index < -0.39 is 11.8 Å². The largest absolute Gasteiger partial charge is 0.494 e. The van der Waals surface area contributed by atoms with E-state index in [0.29, 0.717) is 22.6 Å². The van der Waals surface area contributed by atoms with E-state index >= 15 is 0 Å². The first kappa shape index (κ1) is 23.9. The lowest BCUT2D eigenvalue weighted by molar-refractivity contribution is 0.102. The fourth-order valence-corrected chi connectivity index (χ4v) is 3.79. The Labute approximate surface area is 208 Å². The number of carbonyl (C=O) groups excluding carboxylic acids is 2. The Morgan fingerprint density at radius 3 is 2.23 bits per heavy atom. The van der Waals surface area contributed by atoms with E-state index in [1.165, 1.54) is 19.2 Å². The minimum atomic E-state index is -0.479. The van der Waals surface area contributed by atoms with Gasteiger partial charge in [-0.05, 0) is 48.9 Å². The highest BCUT2D eigenvalue weighted by molar-refractivity contribution is 6.31. The SMILES string of the molecule is C#Cc1ccc(NC(=O)c2cc(Cl)cc(OC)c2NC(=O)c2ccc(C(=N)N3CCC3)cc2)cc1. The first-order chi connectivity index (χ1) is 16.9. The summed E-state index contributed by atoms with van der Waals surface area (Å²) in [5, 5.41) is 14.1. The number of likely N-dealkylation sites (tertiary alicyclic amines) is 1. The average Bonchev–Trinajstić information content (AvgIpc) is 2.84. The number of halogens is 1. The summed E-state index contributed by atoms with van der Waals surface area (Å²) in [4.78, 5) is 28.1. The van der Waals surface area contributed by atoms with Crippen molar-refractivity contribution in [3.8, 4) is 18.1 Å². The lowest BCUT2D eigenvalue weighted by atomic mass is 10.1. The summed E-state index contributed by atoms with van der Waals surface area (Å²) in [7, 11) is 1.43. The molecule has 1 aliphatic heterocycles. The molecular formula is C27H23ClN4O3. The van der Waals surface area contributed by atoms with Crippen molar-refractivity contribution in [2.75, 3.05) is 30.8 Å². The smallest absolute Gasteiger partial charge is 0.257 e. The van der Waals surface area contributed by atoms with Crippen molar-refractivity contribution >= 4 is 40.6 Å².